The van der Waals surface area contributed by atoms with Crippen LogP contribution in [0.1, 0.15) is 55.8 Å². The summed E-state index contributed by atoms with van der Waals surface area (Å²) in [6.07, 6.45) is 5.52. The summed E-state index contributed by atoms with van der Waals surface area (Å²) in [5.41, 5.74) is 5.59. The number of carbonyl (C=O) groups excluding carboxylic acids is 1. The van der Waals surface area contributed by atoms with Crippen LogP contribution in [0.3, 0.4) is 0 Å². The van der Waals surface area contributed by atoms with Gasteiger partial charge in [0.25, 0.3) is 0 Å². The molecule has 6 heteroatoms. The zero-order valence-electron chi connectivity index (χ0n) is 21.7. The summed E-state index contributed by atoms with van der Waals surface area (Å²) in [4.78, 5) is 13.9. The molecule has 0 spiro atoms. The third-order valence-electron chi connectivity index (χ3n) is 7.59. The lowest BCUT2D eigenvalue weighted by Gasteiger charge is -2.39. The third kappa shape index (κ3) is 6.08. The Balaban J connectivity index is 1.35. The molecule has 0 bridgehead atoms. The lowest BCUT2D eigenvalue weighted by atomic mass is 9.88. The van der Waals surface area contributed by atoms with Crippen molar-refractivity contribution in [2.75, 3.05) is 23.3 Å². The maximum Gasteiger partial charge on any atom is 0.221 e. The van der Waals surface area contributed by atoms with E-state index < -0.39 is 0 Å². The Labute approximate surface area is 219 Å². The average Bonchev–Trinajstić information content (AvgIpc) is 2.90. The number of hydrogen-bond acceptors (Lipinski definition) is 5. The highest BCUT2D eigenvalue weighted by molar-refractivity contribution is 5.88. The van der Waals surface area contributed by atoms with E-state index in [2.05, 4.69) is 64.9 Å². The number of aromatic hydroxyl groups is 1. The lowest BCUT2D eigenvalue weighted by Crippen LogP contribution is -2.44. The highest BCUT2D eigenvalue weighted by Crippen LogP contribution is 2.38. The van der Waals surface area contributed by atoms with Crippen molar-refractivity contribution in [3.05, 3.63) is 83.4 Å². The highest BCUT2D eigenvalue weighted by Gasteiger charge is 2.28. The Bertz CT molecular complexity index is 1200. The molecule has 1 amide bonds. The Hall–Kier alpha value is -3.51. The number of phenols is 1. The predicted octanol–water partition coefficient (Wildman–Crippen LogP) is 5.61. The molecule has 194 valence electrons. The zero-order chi connectivity index (χ0) is 25.8. The Morgan fingerprint density at radius 1 is 1.11 bits per heavy atom. The number of hydrogen-bond donors (Lipinski definition) is 3. The first-order valence-corrected chi connectivity index (χ1v) is 13.4. The maximum atomic E-state index is 11.4. The van der Waals surface area contributed by atoms with Crippen LogP contribution in [-0.2, 0) is 17.6 Å². The normalized spacial score (nSPS) is 20.1. The smallest absolute Gasteiger partial charge is 0.221 e. The molecule has 2 aliphatic heterocycles. The van der Waals surface area contributed by atoms with Gasteiger partial charge in [-0.3, -0.25) is 4.79 Å². The van der Waals surface area contributed by atoms with E-state index in [1.165, 1.54) is 36.5 Å². The zero-order valence-corrected chi connectivity index (χ0v) is 21.7. The topological polar surface area (TPSA) is 73.8 Å². The van der Waals surface area contributed by atoms with E-state index in [9.17, 15) is 9.90 Å². The van der Waals surface area contributed by atoms with Gasteiger partial charge in [0.1, 0.15) is 17.6 Å². The van der Waals surface area contributed by atoms with Gasteiger partial charge in [-0.2, -0.15) is 0 Å². The molecule has 3 unspecified atom stereocenters. The number of ether oxygens (including phenoxy) is 1. The molecule has 1 saturated heterocycles. The fraction of sp³-hybridized carbons (Fsp3) is 0.387. The second kappa shape index (κ2) is 11.3. The Morgan fingerprint density at radius 2 is 1.89 bits per heavy atom. The van der Waals surface area contributed by atoms with Crippen LogP contribution in [0, 0.1) is 0 Å². The number of phenolic OH excluding ortho intramolecular Hbond substituents is 1. The summed E-state index contributed by atoms with van der Waals surface area (Å²) in [5, 5.41) is 16.5. The largest absolute Gasteiger partial charge is 0.508 e. The van der Waals surface area contributed by atoms with E-state index in [1.54, 1.807) is 6.07 Å². The minimum absolute atomic E-state index is 0.0749. The van der Waals surface area contributed by atoms with Crippen molar-refractivity contribution in [3.63, 3.8) is 0 Å². The van der Waals surface area contributed by atoms with Gasteiger partial charge in [0.05, 0.1) is 6.04 Å². The number of rotatable bonds is 7. The predicted molar refractivity (Wildman–Crippen MR) is 149 cm³/mol. The van der Waals surface area contributed by atoms with Gasteiger partial charge in [-0.1, -0.05) is 24.6 Å². The molecule has 3 aromatic carbocycles. The molecular weight excluding hydrogens is 462 g/mol. The number of nitrogens with zero attached hydrogens (tertiary/aromatic N) is 1. The molecule has 0 saturated carbocycles. The fourth-order valence-corrected chi connectivity index (χ4v) is 5.67. The molecule has 6 nitrogen and oxygen atoms in total. The van der Waals surface area contributed by atoms with Gasteiger partial charge in [0, 0.05) is 30.9 Å². The minimum atomic E-state index is -0.0749. The number of carbonyl (C=O) groups is 1. The van der Waals surface area contributed by atoms with Gasteiger partial charge in [-0.15, -0.1) is 0 Å². The second-order valence-corrected chi connectivity index (χ2v) is 10.3. The molecule has 1 fully saturated rings. The molecule has 2 heterocycles. The number of fused-ring (bicyclic) bond motifs is 1. The van der Waals surface area contributed by atoms with Crippen LogP contribution >= 0.6 is 0 Å². The number of nitrogens with one attached hydrogen (secondary N) is 2. The molecule has 2 aliphatic rings. The second-order valence-electron chi connectivity index (χ2n) is 10.3. The van der Waals surface area contributed by atoms with Crippen LogP contribution in [0.4, 0.5) is 11.4 Å². The van der Waals surface area contributed by atoms with Crippen LogP contribution in [0.2, 0.25) is 0 Å². The van der Waals surface area contributed by atoms with Crippen molar-refractivity contribution in [1.29, 1.82) is 0 Å². The number of benzene rings is 3. The van der Waals surface area contributed by atoms with E-state index in [4.69, 9.17) is 4.74 Å². The molecule has 3 atom stereocenters. The SMILES string of the molecule is CC(=O)Nc1ccc(N2CCc3cc(O)ccc3C2Cc2ccc(OC(C)C3CCCCN3)cc2)cc1. The molecule has 0 radical (unpaired) electrons. The van der Waals surface area contributed by atoms with Crippen molar-refractivity contribution in [3.8, 4) is 11.5 Å². The highest BCUT2D eigenvalue weighted by atomic mass is 16.5. The van der Waals surface area contributed by atoms with Crippen LogP contribution in [-0.4, -0.2) is 36.2 Å². The van der Waals surface area contributed by atoms with Crippen LogP contribution < -0.4 is 20.3 Å². The average molecular weight is 500 g/mol. The summed E-state index contributed by atoms with van der Waals surface area (Å²) in [7, 11) is 0. The summed E-state index contributed by atoms with van der Waals surface area (Å²) >= 11 is 0. The van der Waals surface area contributed by atoms with Gasteiger partial charge in [-0.05, 0) is 104 Å². The Kier molecular flexibility index (Phi) is 7.65. The van der Waals surface area contributed by atoms with Crippen molar-refractivity contribution in [1.82, 2.24) is 5.32 Å². The standard InChI is InChI=1S/C31H37N3O3/c1-21(30-5-3-4-17-32-30)37-28-13-6-23(7-14-28)19-31-29-15-12-27(36)20-24(29)16-18-34(31)26-10-8-25(9-11-26)33-22(2)35/h6-15,20-21,30-32,36H,3-5,16-19H2,1-2H3,(H,33,35). The van der Waals surface area contributed by atoms with E-state index in [0.29, 0.717) is 11.8 Å². The molecular formula is C31H37N3O3. The fourth-order valence-electron chi connectivity index (χ4n) is 5.67. The first-order valence-electron chi connectivity index (χ1n) is 13.4. The summed E-state index contributed by atoms with van der Waals surface area (Å²) in [5.74, 6) is 1.14. The van der Waals surface area contributed by atoms with Gasteiger partial charge in [-0.25, -0.2) is 0 Å². The minimum Gasteiger partial charge on any atom is -0.508 e. The van der Waals surface area contributed by atoms with E-state index in [-0.39, 0.29) is 18.1 Å². The number of amides is 1. The molecule has 3 aromatic rings. The van der Waals surface area contributed by atoms with Crippen LogP contribution in [0.25, 0.3) is 0 Å². The monoisotopic (exact) mass is 499 g/mol. The summed E-state index contributed by atoms with van der Waals surface area (Å²) in [6, 6.07) is 22.8. The van der Waals surface area contributed by atoms with Crippen molar-refractivity contribution < 1.29 is 14.6 Å². The van der Waals surface area contributed by atoms with Crippen LogP contribution in [0.5, 0.6) is 11.5 Å². The first kappa shape index (κ1) is 25.2. The van der Waals surface area contributed by atoms with Gasteiger partial charge >= 0.3 is 0 Å². The van der Waals surface area contributed by atoms with Crippen molar-refractivity contribution in [2.24, 2.45) is 0 Å². The molecule has 5 rings (SSSR count). The summed E-state index contributed by atoms with van der Waals surface area (Å²) in [6.45, 7) is 5.60. The first-order chi connectivity index (χ1) is 18.0. The van der Waals surface area contributed by atoms with E-state index in [0.717, 1.165) is 49.5 Å². The van der Waals surface area contributed by atoms with Crippen LogP contribution in [0.15, 0.2) is 66.7 Å². The third-order valence-corrected chi connectivity index (χ3v) is 7.59. The van der Waals surface area contributed by atoms with E-state index in [1.807, 2.05) is 18.2 Å². The maximum absolute atomic E-state index is 11.4. The lowest BCUT2D eigenvalue weighted by molar-refractivity contribution is -0.114. The Morgan fingerprint density at radius 3 is 2.59 bits per heavy atom. The molecule has 37 heavy (non-hydrogen) atoms. The van der Waals surface area contributed by atoms with Crippen molar-refractivity contribution >= 4 is 17.3 Å². The molecule has 0 aromatic heterocycles. The van der Waals surface area contributed by atoms with Gasteiger partial charge < -0.3 is 25.4 Å². The molecule has 3 N–H and O–H groups in total. The van der Waals surface area contributed by atoms with Crippen molar-refractivity contribution in [2.45, 2.75) is 64.1 Å². The number of piperidine rings is 1. The quantitative estimate of drug-likeness (QED) is 0.394. The summed E-state index contributed by atoms with van der Waals surface area (Å²) < 4.78 is 6.27. The van der Waals surface area contributed by atoms with Gasteiger partial charge in [0.15, 0.2) is 0 Å². The number of anilines is 2. The van der Waals surface area contributed by atoms with Gasteiger partial charge in [0.2, 0.25) is 5.91 Å². The molecule has 0 aliphatic carbocycles. The van der Waals surface area contributed by atoms with E-state index >= 15 is 0 Å².